The number of aryl methyl sites for hydroxylation is 1. The van der Waals surface area contributed by atoms with E-state index in [1.54, 1.807) is 11.3 Å². The van der Waals surface area contributed by atoms with Gasteiger partial charge in [0.15, 0.2) is 0 Å². The Labute approximate surface area is 108 Å². The summed E-state index contributed by atoms with van der Waals surface area (Å²) in [7, 11) is 0. The molecule has 96 valence electrons. The van der Waals surface area contributed by atoms with Gasteiger partial charge in [0.1, 0.15) is 0 Å². The number of nitrogens with two attached hydrogens (primary N) is 1. The van der Waals surface area contributed by atoms with E-state index in [2.05, 4.69) is 32.9 Å². The molecule has 1 rings (SSSR count). The van der Waals surface area contributed by atoms with Gasteiger partial charge in [-0.05, 0) is 45.9 Å². The van der Waals surface area contributed by atoms with E-state index < -0.39 is 0 Å². The van der Waals surface area contributed by atoms with Crippen LogP contribution in [0.15, 0.2) is 12.1 Å². The summed E-state index contributed by atoms with van der Waals surface area (Å²) >= 11 is 1.76. The maximum atomic E-state index is 12.0. The molecule has 0 aliphatic carbocycles. The van der Waals surface area contributed by atoms with Crippen molar-refractivity contribution in [1.82, 2.24) is 4.90 Å². The van der Waals surface area contributed by atoms with Crippen LogP contribution in [0, 0.1) is 6.92 Å². The lowest BCUT2D eigenvalue weighted by Gasteiger charge is -2.26. The van der Waals surface area contributed by atoms with E-state index in [1.165, 1.54) is 9.75 Å². The van der Waals surface area contributed by atoms with Gasteiger partial charge in [0.25, 0.3) is 0 Å². The molecule has 0 fully saturated rings. The van der Waals surface area contributed by atoms with Crippen LogP contribution in [-0.4, -0.2) is 23.4 Å². The summed E-state index contributed by atoms with van der Waals surface area (Å²) in [6.07, 6.45) is 1.32. The summed E-state index contributed by atoms with van der Waals surface area (Å²) in [5.41, 5.74) is 5.44. The molecule has 17 heavy (non-hydrogen) atoms. The number of hydrogen-bond donors (Lipinski definition) is 1. The van der Waals surface area contributed by atoms with Crippen LogP contribution >= 0.6 is 11.3 Å². The van der Waals surface area contributed by atoms with Crippen molar-refractivity contribution in [2.75, 3.05) is 6.54 Å². The van der Waals surface area contributed by atoms with E-state index >= 15 is 0 Å². The highest BCUT2D eigenvalue weighted by Gasteiger charge is 2.17. The normalized spacial score (nSPS) is 10.9. The van der Waals surface area contributed by atoms with Gasteiger partial charge in [-0.3, -0.25) is 4.79 Å². The maximum Gasteiger partial charge on any atom is 0.223 e. The second-order valence-electron chi connectivity index (χ2n) is 4.52. The minimum Gasteiger partial charge on any atom is -0.335 e. The van der Waals surface area contributed by atoms with Gasteiger partial charge >= 0.3 is 0 Å². The fraction of sp³-hybridized carbons (Fsp3) is 0.615. The molecular formula is C13H22N2OS. The monoisotopic (exact) mass is 254 g/mol. The highest BCUT2D eigenvalue weighted by molar-refractivity contribution is 7.11. The molecule has 1 aromatic heterocycles. The van der Waals surface area contributed by atoms with Crippen molar-refractivity contribution in [3.05, 3.63) is 21.9 Å². The van der Waals surface area contributed by atoms with Crippen molar-refractivity contribution < 1.29 is 4.79 Å². The van der Waals surface area contributed by atoms with Crippen LogP contribution in [0.4, 0.5) is 0 Å². The molecule has 0 saturated heterocycles. The molecule has 0 spiro atoms. The molecule has 0 aliphatic heterocycles. The molecule has 1 aromatic rings. The summed E-state index contributed by atoms with van der Waals surface area (Å²) in [5.74, 6) is 0.205. The first-order valence-electron chi connectivity index (χ1n) is 6.09. The summed E-state index contributed by atoms with van der Waals surface area (Å²) in [6.45, 7) is 7.50. The Morgan fingerprint density at radius 3 is 2.65 bits per heavy atom. The lowest BCUT2D eigenvalue weighted by molar-refractivity contribution is -0.133. The SMILES string of the molecule is Cc1ccc(CN(C(=O)CCCN)C(C)C)s1. The predicted molar refractivity (Wildman–Crippen MR) is 73.0 cm³/mol. The van der Waals surface area contributed by atoms with Gasteiger partial charge in [0.05, 0.1) is 6.54 Å². The quantitative estimate of drug-likeness (QED) is 0.848. The molecule has 1 amide bonds. The van der Waals surface area contributed by atoms with Gasteiger partial charge in [0, 0.05) is 22.2 Å². The predicted octanol–water partition coefficient (Wildman–Crippen LogP) is 2.53. The molecule has 2 N–H and O–H groups in total. The van der Waals surface area contributed by atoms with Gasteiger partial charge < -0.3 is 10.6 Å². The van der Waals surface area contributed by atoms with E-state index in [-0.39, 0.29) is 11.9 Å². The standard InChI is InChI=1S/C13H22N2OS/c1-10(2)15(13(16)5-4-8-14)9-12-7-6-11(3)17-12/h6-7,10H,4-5,8-9,14H2,1-3H3. The van der Waals surface area contributed by atoms with E-state index in [1.807, 2.05) is 4.90 Å². The Morgan fingerprint density at radius 1 is 1.47 bits per heavy atom. The maximum absolute atomic E-state index is 12.0. The van der Waals surface area contributed by atoms with Crippen LogP contribution in [0.5, 0.6) is 0 Å². The average molecular weight is 254 g/mol. The van der Waals surface area contributed by atoms with Crippen molar-refractivity contribution in [2.45, 2.75) is 46.2 Å². The fourth-order valence-electron chi connectivity index (χ4n) is 1.69. The van der Waals surface area contributed by atoms with E-state index in [9.17, 15) is 4.79 Å². The van der Waals surface area contributed by atoms with Gasteiger partial charge in [-0.2, -0.15) is 0 Å². The summed E-state index contributed by atoms with van der Waals surface area (Å²) in [4.78, 5) is 16.5. The zero-order valence-corrected chi connectivity index (χ0v) is 11.7. The lowest BCUT2D eigenvalue weighted by atomic mass is 10.2. The Hall–Kier alpha value is -0.870. The topological polar surface area (TPSA) is 46.3 Å². The minimum atomic E-state index is 0.205. The van der Waals surface area contributed by atoms with E-state index in [4.69, 9.17) is 5.73 Å². The molecule has 0 saturated carbocycles. The second kappa shape index (κ2) is 6.77. The molecular weight excluding hydrogens is 232 g/mol. The Kier molecular flexibility index (Phi) is 5.65. The largest absolute Gasteiger partial charge is 0.335 e. The second-order valence-corrected chi connectivity index (χ2v) is 5.89. The first kappa shape index (κ1) is 14.2. The van der Waals surface area contributed by atoms with Crippen molar-refractivity contribution in [3.8, 4) is 0 Å². The summed E-state index contributed by atoms with van der Waals surface area (Å²) in [6, 6.07) is 4.44. The van der Waals surface area contributed by atoms with Gasteiger partial charge in [-0.1, -0.05) is 0 Å². The van der Waals surface area contributed by atoms with Crippen LogP contribution in [0.3, 0.4) is 0 Å². The number of rotatable bonds is 6. The molecule has 3 nitrogen and oxygen atoms in total. The van der Waals surface area contributed by atoms with Crippen LogP contribution < -0.4 is 5.73 Å². The highest BCUT2D eigenvalue weighted by atomic mass is 32.1. The minimum absolute atomic E-state index is 0.205. The Bertz CT molecular complexity index is 360. The zero-order valence-electron chi connectivity index (χ0n) is 10.9. The molecule has 0 atom stereocenters. The number of hydrogen-bond acceptors (Lipinski definition) is 3. The van der Waals surface area contributed by atoms with Crippen LogP contribution in [-0.2, 0) is 11.3 Å². The van der Waals surface area contributed by atoms with Crippen LogP contribution in [0.2, 0.25) is 0 Å². The first-order chi connectivity index (χ1) is 8.04. The lowest BCUT2D eigenvalue weighted by Crippen LogP contribution is -2.36. The highest BCUT2D eigenvalue weighted by Crippen LogP contribution is 2.19. The number of amides is 1. The van der Waals surface area contributed by atoms with Crippen LogP contribution in [0.25, 0.3) is 0 Å². The number of thiophene rings is 1. The molecule has 0 aromatic carbocycles. The first-order valence-corrected chi connectivity index (χ1v) is 6.91. The van der Waals surface area contributed by atoms with Crippen molar-refractivity contribution in [3.63, 3.8) is 0 Å². The molecule has 4 heteroatoms. The molecule has 0 bridgehead atoms. The average Bonchev–Trinajstić information content (AvgIpc) is 2.68. The molecule has 0 aliphatic rings. The van der Waals surface area contributed by atoms with E-state index in [0.29, 0.717) is 13.0 Å². The zero-order chi connectivity index (χ0) is 12.8. The number of carbonyl (C=O) groups excluding carboxylic acids is 1. The third-order valence-electron chi connectivity index (χ3n) is 2.66. The summed E-state index contributed by atoms with van der Waals surface area (Å²) < 4.78 is 0. The Balaban J connectivity index is 2.63. The van der Waals surface area contributed by atoms with E-state index in [0.717, 1.165) is 13.0 Å². The molecule has 0 unspecified atom stereocenters. The third-order valence-corrected chi connectivity index (χ3v) is 3.65. The molecule has 1 heterocycles. The smallest absolute Gasteiger partial charge is 0.223 e. The summed E-state index contributed by atoms with van der Waals surface area (Å²) in [5, 5.41) is 0. The molecule has 0 radical (unpaired) electrons. The number of nitrogens with zero attached hydrogens (tertiary/aromatic N) is 1. The third kappa shape index (κ3) is 4.48. The van der Waals surface area contributed by atoms with Gasteiger partial charge in [-0.15, -0.1) is 11.3 Å². The van der Waals surface area contributed by atoms with Crippen molar-refractivity contribution in [2.24, 2.45) is 5.73 Å². The Morgan fingerprint density at radius 2 is 2.18 bits per heavy atom. The van der Waals surface area contributed by atoms with Crippen molar-refractivity contribution in [1.29, 1.82) is 0 Å². The number of carbonyl (C=O) groups is 1. The van der Waals surface area contributed by atoms with Crippen LogP contribution in [0.1, 0.15) is 36.4 Å². The van der Waals surface area contributed by atoms with Crippen molar-refractivity contribution >= 4 is 17.2 Å². The van der Waals surface area contributed by atoms with Gasteiger partial charge in [-0.25, -0.2) is 0 Å². The fourth-order valence-corrected chi connectivity index (χ4v) is 2.58. The van der Waals surface area contributed by atoms with Gasteiger partial charge in [0.2, 0.25) is 5.91 Å².